The van der Waals surface area contributed by atoms with E-state index in [1.165, 1.54) is 44.3 Å². The van der Waals surface area contributed by atoms with Crippen LogP contribution in [-0.4, -0.2) is 48.1 Å². The summed E-state index contributed by atoms with van der Waals surface area (Å²) in [5.41, 5.74) is 7.66. The molecule has 0 amide bonds. The van der Waals surface area contributed by atoms with Gasteiger partial charge in [0, 0.05) is 44.3 Å². The van der Waals surface area contributed by atoms with Crippen molar-refractivity contribution >= 4 is 0 Å². The summed E-state index contributed by atoms with van der Waals surface area (Å²) in [7, 11) is 0. The largest absolute Gasteiger partial charge is 0.326 e. The zero-order valence-electron chi connectivity index (χ0n) is 13.2. The van der Waals surface area contributed by atoms with Gasteiger partial charge < -0.3 is 5.73 Å². The maximum atomic E-state index is 6.30. The molecule has 3 heteroatoms. The number of piperazine rings is 1. The van der Waals surface area contributed by atoms with Crippen molar-refractivity contribution in [3.05, 3.63) is 35.9 Å². The van der Waals surface area contributed by atoms with E-state index in [2.05, 4.69) is 47.1 Å². The van der Waals surface area contributed by atoms with Gasteiger partial charge in [-0.15, -0.1) is 0 Å². The molecule has 2 aliphatic rings. The highest BCUT2D eigenvalue weighted by Crippen LogP contribution is 2.28. The lowest BCUT2D eigenvalue weighted by Gasteiger charge is -2.43. The topological polar surface area (TPSA) is 32.5 Å². The summed E-state index contributed by atoms with van der Waals surface area (Å²) in [6.07, 6.45) is 5.68. The van der Waals surface area contributed by atoms with Crippen molar-refractivity contribution in [2.24, 2.45) is 5.73 Å². The van der Waals surface area contributed by atoms with Crippen LogP contribution >= 0.6 is 0 Å². The molecule has 2 unspecified atom stereocenters. The van der Waals surface area contributed by atoms with E-state index in [9.17, 15) is 0 Å². The van der Waals surface area contributed by atoms with Crippen LogP contribution in [0.5, 0.6) is 0 Å². The second kappa shape index (κ2) is 6.91. The predicted molar refractivity (Wildman–Crippen MR) is 88.2 cm³/mol. The van der Waals surface area contributed by atoms with E-state index in [1.807, 2.05) is 0 Å². The van der Waals surface area contributed by atoms with E-state index in [0.717, 1.165) is 19.1 Å². The first-order valence-corrected chi connectivity index (χ1v) is 8.54. The Morgan fingerprint density at radius 2 is 1.62 bits per heavy atom. The molecular formula is C18H29N3. The average Bonchev–Trinajstić information content (AvgIpc) is 3.03. The molecule has 1 aromatic rings. The van der Waals surface area contributed by atoms with Crippen LogP contribution < -0.4 is 5.73 Å². The Morgan fingerprint density at radius 1 is 1.00 bits per heavy atom. The monoisotopic (exact) mass is 287 g/mol. The van der Waals surface area contributed by atoms with Crippen LogP contribution in [-0.2, 0) is 0 Å². The van der Waals surface area contributed by atoms with Gasteiger partial charge in [0.1, 0.15) is 0 Å². The van der Waals surface area contributed by atoms with Gasteiger partial charge in [-0.05, 0) is 25.3 Å². The molecule has 2 atom stereocenters. The van der Waals surface area contributed by atoms with E-state index in [0.29, 0.717) is 6.04 Å². The highest BCUT2D eigenvalue weighted by atomic mass is 15.3. The van der Waals surface area contributed by atoms with Gasteiger partial charge in [0.25, 0.3) is 0 Å². The van der Waals surface area contributed by atoms with Gasteiger partial charge in [-0.3, -0.25) is 9.80 Å². The number of hydrogen-bond donors (Lipinski definition) is 1. The summed E-state index contributed by atoms with van der Waals surface area (Å²) in [6.45, 7) is 6.86. The molecule has 0 aromatic heterocycles. The molecule has 2 fully saturated rings. The van der Waals surface area contributed by atoms with E-state index in [1.54, 1.807) is 0 Å². The Hall–Kier alpha value is -0.900. The van der Waals surface area contributed by atoms with Gasteiger partial charge >= 0.3 is 0 Å². The molecule has 21 heavy (non-hydrogen) atoms. The van der Waals surface area contributed by atoms with Gasteiger partial charge in [0.2, 0.25) is 0 Å². The van der Waals surface area contributed by atoms with Gasteiger partial charge in [-0.2, -0.15) is 0 Å². The Labute approximate surface area is 129 Å². The SMILES string of the molecule is CC(N)C(c1ccccc1)N1CCN(C2CCCC2)CC1. The lowest BCUT2D eigenvalue weighted by Crippen LogP contribution is -2.53. The molecule has 2 N–H and O–H groups in total. The van der Waals surface area contributed by atoms with Crippen molar-refractivity contribution in [3.63, 3.8) is 0 Å². The first-order valence-electron chi connectivity index (χ1n) is 8.54. The smallest absolute Gasteiger partial charge is 0.0497 e. The lowest BCUT2D eigenvalue weighted by molar-refractivity contribution is 0.0633. The van der Waals surface area contributed by atoms with Crippen molar-refractivity contribution in [3.8, 4) is 0 Å². The minimum atomic E-state index is 0.172. The highest BCUT2D eigenvalue weighted by molar-refractivity contribution is 5.20. The molecule has 0 radical (unpaired) electrons. The molecule has 1 saturated carbocycles. The fraction of sp³-hybridized carbons (Fsp3) is 0.667. The van der Waals surface area contributed by atoms with Crippen molar-refractivity contribution in [1.29, 1.82) is 0 Å². The van der Waals surface area contributed by atoms with Crippen LogP contribution in [0.1, 0.15) is 44.2 Å². The fourth-order valence-corrected chi connectivity index (χ4v) is 4.15. The van der Waals surface area contributed by atoms with Crippen molar-refractivity contribution in [2.45, 2.75) is 50.7 Å². The third kappa shape index (κ3) is 3.47. The predicted octanol–water partition coefficient (Wildman–Crippen LogP) is 2.64. The summed E-state index contributed by atoms with van der Waals surface area (Å²) in [5.74, 6) is 0. The molecule has 1 aliphatic carbocycles. The normalized spacial score (nSPS) is 25.0. The maximum absolute atomic E-state index is 6.30. The van der Waals surface area contributed by atoms with Gasteiger partial charge in [0.15, 0.2) is 0 Å². The zero-order valence-corrected chi connectivity index (χ0v) is 13.2. The van der Waals surface area contributed by atoms with Crippen LogP contribution in [0.3, 0.4) is 0 Å². The van der Waals surface area contributed by atoms with Gasteiger partial charge in [-0.1, -0.05) is 43.2 Å². The highest BCUT2D eigenvalue weighted by Gasteiger charge is 2.30. The summed E-state index contributed by atoms with van der Waals surface area (Å²) < 4.78 is 0. The second-order valence-electron chi connectivity index (χ2n) is 6.72. The minimum Gasteiger partial charge on any atom is -0.326 e. The number of benzene rings is 1. The standard InChI is InChI=1S/C18H29N3/c1-15(19)18(16-7-3-2-4-8-16)21-13-11-20(12-14-21)17-9-5-6-10-17/h2-4,7-8,15,17-18H,5-6,9-14,19H2,1H3. The molecule has 116 valence electrons. The Morgan fingerprint density at radius 3 is 2.19 bits per heavy atom. The summed E-state index contributed by atoms with van der Waals surface area (Å²) in [5, 5.41) is 0. The van der Waals surface area contributed by atoms with Crippen LogP contribution in [0.2, 0.25) is 0 Å². The van der Waals surface area contributed by atoms with E-state index in [-0.39, 0.29) is 6.04 Å². The molecule has 0 bridgehead atoms. The number of rotatable bonds is 4. The average molecular weight is 287 g/mol. The van der Waals surface area contributed by atoms with Gasteiger partial charge in [-0.25, -0.2) is 0 Å². The Balaban J connectivity index is 1.63. The van der Waals surface area contributed by atoms with Gasteiger partial charge in [0.05, 0.1) is 0 Å². The number of nitrogens with zero attached hydrogens (tertiary/aromatic N) is 2. The molecule has 1 aromatic carbocycles. The first kappa shape index (κ1) is 15.0. The minimum absolute atomic E-state index is 0.172. The van der Waals surface area contributed by atoms with E-state index in [4.69, 9.17) is 5.73 Å². The number of nitrogens with two attached hydrogens (primary N) is 1. The molecule has 3 nitrogen and oxygen atoms in total. The maximum Gasteiger partial charge on any atom is 0.0497 e. The first-order chi connectivity index (χ1) is 10.3. The quantitative estimate of drug-likeness (QED) is 0.924. The molecule has 1 saturated heterocycles. The lowest BCUT2D eigenvalue weighted by atomic mass is 9.98. The van der Waals surface area contributed by atoms with Crippen molar-refractivity contribution < 1.29 is 0 Å². The Bertz CT molecular complexity index is 417. The zero-order chi connectivity index (χ0) is 14.7. The molecule has 1 aliphatic heterocycles. The van der Waals surface area contributed by atoms with Crippen molar-refractivity contribution in [1.82, 2.24) is 9.80 Å². The van der Waals surface area contributed by atoms with Crippen LogP contribution in [0.15, 0.2) is 30.3 Å². The molecule has 0 spiro atoms. The van der Waals surface area contributed by atoms with Crippen molar-refractivity contribution in [2.75, 3.05) is 26.2 Å². The Kier molecular flexibility index (Phi) is 4.94. The van der Waals surface area contributed by atoms with Crippen LogP contribution in [0.25, 0.3) is 0 Å². The fourth-order valence-electron chi connectivity index (χ4n) is 4.15. The molecule has 1 heterocycles. The van der Waals surface area contributed by atoms with E-state index < -0.39 is 0 Å². The third-order valence-electron chi connectivity index (χ3n) is 5.22. The van der Waals surface area contributed by atoms with Crippen LogP contribution in [0, 0.1) is 0 Å². The second-order valence-corrected chi connectivity index (χ2v) is 6.72. The molecular weight excluding hydrogens is 258 g/mol. The summed E-state index contributed by atoms with van der Waals surface area (Å²) in [4.78, 5) is 5.30. The number of hydrogen-bond acceptors (Lipinski definition) is 3. The summed E-state index contributed by atoms with van der Waals surface area (Å²) >= 11 is 0. The van der Waals surface area contributed by atoms with E-state index >= 15 is 0 Å². The van der Waals surface area contributed by atoms with Crippen LogP contribution in [0.4, 0.5) is 0 Å². The molecule has 3 rings (SSSR count). The third-order valence-corrected chi connectivity index (χ3v) is 5.22. The summed E-state index contributed by atoms with van der Waals surface area (Å²) in [6, 6.07) is 12.2.